The molecule has 0 atom stereocenters. The summed E-state index contributed by atoms with van der Waals surface area (Å²) in [7, 11) is 3.45. The molecule has 6 nitrogen and oxygen atoms in total. The van der Waals surface area contributed by atoms with Crippen LogP contribution in [0.5, 0.6) is 11.5 Å². The molecular weight excluding hydrogens is 511 g/mol. The number of aromatic nitrogens is 1. The van der Waals surface area contributed by atoms with Crippen LogP contribution in [0.15, 0.2) is 28.6 Å². The van der Waals surface area contributed by atoms with Gasteiger partial charge in [-0.25, -0.2) is 4.98 Å². The zero-order chi connectivity index (χ0) is 21.3. The molecule has 0 aliphatic carbocycles. The minimum absolute atomic E-state index is 0. The van der Waals surface area contributed by atoms with E-state index in [1.54, 1.807) is 25.5 Å². The van der Waals surface area contributed by atoms with Gasteiger partial charge < -0.3 is 20.1 Å². The lowest BCUT2D eigenvalue weighted by molar-refractivity contribution is 0.310. The molecule has 8 heteroatoms. The van der Waals surface area contributed by atoms with Gasteiger partial charge >= 0.3 is 0 Å². The zero-order valence-electron chi connectivity index (χ0n) is 18.9. The Labute approximate surface area is 201 Å². The number of methoxy groups -OCH3 is 1. The molecule has 0 spiro atoms. The maximum absolute atomic E-state index is 5.65. The van der Waals surface area contributed by atoms with Crippen LogP contribution in [0, 0.1) is 0 Å². The number of benzene rings is 1. The lowest BCUT2D eigenvalue weighted by atomic mass is 9.93. The van der Waals surface area contributed by atoms with E-state index in [1.165, 1.54) is 5.56 Å². The molecule has 2 aromatic rings. The maximum Gasteiger partial charge on any atom is 0.191 e. The Kier molecular flexibility index (Phi) is 11.5. The topological polar surface area (TPSA) is 67.8 Å². The molecule has 0 aliphatic rings. The number of hydrogen-bond acceptors (Lipinski definition) is 5. The Morgan fingerprint density at radius 3 is 2.57 bits per heavy atom. The number of nitrogens with one attached hydrogen (secondary N) is 2. The molecule has 0 radical (unpaired) electrons. The SMILES string of the molecule is CCOc1cc(CCCNC(=NC)NCc2nc(C(C)(C)C)cs2)ccc1OC.I. The first-order valence-corrected chi connectivity index (χ1v) is 10.9. The highest BCUT2D eigenvalue weighted by molar-refractivity contribution is 14.0. The Morgan fingerprint density at radius 2 is 1.97 bits per heavy atom. The molecule has 0 aliphatic heterocycles. The number of hydrogen-bond donors (Lipinski definition) is 2. The van der Waals surface area contributed by atoms with Crippen LogP contribution in [-0.2, 0) is 18.4 Å². The van der Waals surface area contributed by atoms with Crippen molar-refractivity contribution in [1.29, 1.82) is 0 Å². The monoisotopic (exact) mass is 546 g/mol. The fourth-order valence-electron chi connectivity index (χ4n) is 2.76. The summed E-state index contributed by atoms with van der Waals surface area (Å²) in [4.78, 5) is 9.01. The molecule has 1 aromatic heterocycles. The van der Waals surface area contributed by atoms with Gasteiger partial charge in [-0.05, 0) is 37.5 Å². The number of ether oxygens (including phenoxy) is 2. The van der Waals surface area contributed by atoms with Crippen LogP contribution in [0.1, 0.15) is 50.4 Å². The second-order valence-corrected chi connectivity index (χ2v) is 8.69. The molecule has 0 unspecified atom stereocenters. The van der Waals surface area contributed by atoms with Crippen LogP contribution in [-0.4, -0.2) is 38.3 Å². The molecule has 0 amide bonds. The van der Waals surface area contributed by atoms with Crippen molar-refractivity contribution in [3.63, 3.8) is 0 Å². The van der Waals surface area contributed by atoms with Crippen molar-refractivity contribution in [3.8, 4) is 11.5 Å². The van der Waals surface area contributed by atoms with Crippen molar-refractivity contribution >= 4 is 41.3 Å². The van der Waals surface area contributed by atoms with Crippen molar-refractivity contribution in [2.75, 3.05) is 27.3 Å². The summed E-state index contributed by atoms with van der Waals surface area (Å²) in [5.74, 6) is 2.37. The summed E-state index contributed by atoms with van der Waals surface area (Å²) in [6, 6.07) is 6.11. The molecule has 0 saturated carbocycles. The molecule has 1 heterocycles. The summed E-state index contributed by atoms with van der Waals surface area (Å²) in [6.07, 6.45) is 1.94. The van der Waals surface area contributed by atoms with Crippen LogP contribution in [0.4, 0.5) is 0 Å². The number of thiazole rings is 1. The molecule has 0 fully saturated rings. The van der Waals surface area contributed by atoms with Crippen molar-refractivity contribution in [2.45, 2.75) is 52.5 Å². The number of aliphatic imine (C=N–C) groups is 1. The van der Waals surface area contributed by atoms with Gasteiger partial charge in [-0.15, -0.1) is 35.3 Å². The summed E-state index contributed by atoms with van der Waals surface area (Å²) < 4.78 is 11.0. The molecule has 30 heavy (non-hydrogen) atoms. The number of rotatable bonds is 9. The largest absolute Gasteiger partial charge is 0.493 e. The first-order valence-electron chi connectivity index (χ1n) is 10.1. The number of guanidine groups is 1. The fraction of sp³-hybridized carbons (Fsp3) is 0.545. The van der Waals surface area contributed by atoms with Crippen molar-refractivity contribution in [3.05, 3.63) is 39.8 Å². The average molecular weight is 547 g/mol. The minimum atomic E-state index is 0. The number of aryl methyl sites for hydroxylation is 1. The van der Waals surface area contributed by atoms with E-state index in [4.69, 9.17) is 14.5 Å². The molecule has 0 saturated heterocycles. The van der Waals surface area contributed by atoms with Gasteiger partial charge in [0.05, 0.1) is 26.0 Å². The molecule has 2 N–H and O–H groups in total. The van der Waals surface area contributed by atoms with Crippen molar-refractivity contribution in [2.24, 2.45) is 4.99 Å². The van der Waals surface area contributed by atoms with Crippen LogP contribution >= 0.6 is 35.3 Å². The van der Waals surface area contributed by atoms with E-state index in [9.17, 15) is 0 Å². The van der Waals surface area contributed by atoms with Gasteiger partial charge in [0.2, 0.25) is 0 Å². The van der Waals surface area contributed by atoms with Gasteiger partial charge in [-0.3, -0.25) is 4.99 Å². The molecular formula is C22H35IN4O2S. The Morgan fingerprint density at radius 1 is 1.20 bits per heavy atom. The second kappa shape index (κ2) is 13.0. The standard InChI is InChI=1S/C22H34N4O2S.HI/c1-7-28-18-13-16(10-11-17(18)27-6)9-8-12-24-21(23-5)25-14-20-26-19(15-29-20)22(2,3)4;/h10-11,13,15H,7-9,12,14H2,1-6H3,(H2,23,24,25);1H. The maximum atomic E-state index is 5.65. The fourth-order valence-corrected chi connectivity index (χ4v) is 3.72. The summed E-state index contributed by atoms with van der Waals surface area (Å²) in [5.41, 5.74) is 2.45. The van der Waals surface area contributed by atoms with Gasteiger partial charge in [0, 0.05) is 24.4 Å². The van der Waals surface area contributed by atoms with Gasteiger partial charge in [0.15, 0.2) is 17.5 Å². The summed E-state index contributed by atoms with van der Waals surface area (Å²) in [5, 5.41) is 9.92. The smallest absolute Gasteiger partial charge is 0.191 e. The molecule has 1 aromatic carbocycles. The van der Waals surface area contributed by atoms with Crippen molar-refractivity contribution < 1.29 is 9.47 Å². The van der Waals surface area contributed by atoms with Gasteiger partial charge in [-0.1, -0.05) is 26.8 Å². The predicted octanol–water partition coefficient (Wildman–Crippen LogP) is 4.76. The molecule has 168 valence electrons. The molecule has 0 bridgehead atoms. The minimum Gasteiger partial charge on any atom is -0.493 e. The summed E-state index contributed by atoms with van der Waals surface area (Å²) in [6.45, 7) is 10.7. The summed E-state index contributed by atoms with van der Waals surface area (Å²) >= 11 is 1.68. The van der Waals surface area contributed by atoms with Gasteiger partial charge in [-0.2, -0.15) is 0 Å². The zero-order valence-corrected chi connectivity index (χ0v) is 22.0. The van der Waals surface area contributed by atoms with E-state index in [2.05, 4.69) is 53.9 Å². The van der Waals surface area contributed by atoms with Gasteiger partial charge in [0.1, 0.15) is 5.01 Å². The lowest BCUT2D eigenvalue weighted by Crippen LogP contribution is -2.37. The second-order valence-electron chi connectivity index (χ2n) is 7.75. The third-order valence-corrected chi connectivity index (χ3v) is 5.26. The highest BCUT2D eigenvalue weighted by Crippen LogP contribution is 2.28. The van der Waals surface area contributed by atoms with Crippen LogP contribution in [0.2, 0.25) is 0 Å². The van der Waals surface area contributed by atoms with E-state index in [0.29, 0.717) is 13.2 Å². The normalized spacial score (nSPS) is 11.6. The predicted molar refractivity (Wildman–Crippen MR) is 137 cm³/mol. The van der Waals surface area contributed by atoms with E-state index >= 15 is 0 Å². The Hall–Kier alpha value is -1.55. The third kappa shape index (κ3) is 8.29. The highest BCUT2D eigenvalue weighted by Gasteiger charge is 2.17. The number of halogens is 1. The first-order chi connectivity index (χ1) is 13.9. The first kappa shape index (κ1) is 26.5. The quantitative estimate of drug-likeness (QED) is 0.206. The van der Waals surface area contributed by atoms with Crippen LogP contribution in [0.3, 0.4) is 0 Å². The third-order valence-electron chi connectivity index (χ3n) is 4.41. The van der Waals surface area contributed by atoms with Gasteiger partial charge in [0.25, 0.3) is 0 Å². The highest BCUT2D eigenvalue weighted by atomic mass is 127. The van der Waals surface area contributed by atoms with E-state index in [-0.39, 0.29) is 29.4 Å². The van der Waals surface area contributed by atoms with Crippen LogP contribution < -0.4 is 20.1 Å². The van der Waals surface area contributed by atoms with E-state index in [0.717, 1.165) is 47.5 Å². The lowest BCUT2D eigenvalue weighted by Gasteiger charge is -2.14. The molecule has 2 rings (SSSR count). The average Bonchev–Trinajstić information content (AvgIpc) is 3.17. The number of nitrogens with zero attached hydrogens (tertiary/aromatic N) is 2. The Balaban J connectivity index is 0.00000450. The van der Waals surface area contributed by atoms with E-state index in [1.807, 2.05) is 13.0 Å². The van der Waals surface area contributed by atoms with Crippen LogP contribution in [0.25, 0.3) is 0 Å². The Bertz CT molecular complexity index is 803. The van der Waals surface area contributed by atoms with E-state index < -0.39 is 0 Å². The van der Waals surface area contributed by atoms with Crippen molar-refractivity contribution in [1.82, 2.24) is 15.6 Å².